The van der Waals surface area contributed by atoms with E-state index in [0.29, 0.717) is 11.8 Å². The number of nitrogens with zero attached hydrogens (tertiary/aromatic N) is 2. The Morgan fingerprint density at radius 2 is 0.614 bits per heavy atom. The van der Waals surface area contributed by atoms with E-state index in [-0.39, 0.29) is 0 Å². The van der Waals surface area contributed by atoms with Crippen molar-refractivity contribution in [2.75, 3.05) is 9.80 Å². The predicted molar refractivity (Wildman–Crippen MR) is 301 cm³/mol. The van der Waals surface area contributed by atoms with Crippen LogP contribution >= 0.6 is 0 Å². The van der Waals surface area contributed by atoms with E-state index in [9.17, 15) is 0 Å². The van der Waals surface area contributed by atoms with Gasteiger partial charge >= 0.3 is 0 Å². The van der Waals surface area contributed by atoms with Crippen LogP contribution in [0.4, 0.5) is 34.1 Å². The van der Waals surface area contributed by atoms with Crippen molar-refractivity contribution in [2.45, 2.75) is 104 Å². The molecule has 12 rings (SSSR count). The minimum atomic E-state index is 0.559. The van der Waals surface area contributed by atoms with Gasteiger partial charge in [0.2, 0.25) is 0 Å². The van der Waals surface area contributed by atoms with Crippen molar-refractivity contribution in [2.24, 2.45) is 0 Å². The molecule has 0 spiro atoms. The first-order valence-electron chi connectivity index (χ1n) is 26.2. The summed E-state index contributed by atoms with van der Waals surface area (Å²) < 4.78 is 0. The molecule has 2 aliphatic carbocycles. The number of hydrogen-bond donors (Lipinski definition) is 0. The summed E-state index contributed by atoms with van der Waals surface area (Å²) in [5.41, 5.74) is 20.4. The van der Waals surface area contributed by atoms with Gasteiger partial charge in [-0.25, -0.2) is 0 Å². The fourth-order valence-electron chi connectivity index (χ4n) is 12.6. The quantitative estimate of drug-likeness (QED) is 0.126. The molecule has 0 amide bonds. The molecule has 2 fully saturated rings. The third-order valence-corrected chi connectivity index (χ3v) is 16.0. The average Bonchev–Trinajstić information content (AvgIpc) is 3.39. The Morgan fingerprint density at radius 1 is 0.300 bits per heavy atom. The van der Waals surface area contributed by atoms with E-state index in [1.165, 1.54) is 175 Å². The molecule has 0 aliphatic heterocycles. The minimum absolute atomic E-state index is 0.559. The lowest BCUT2D eigenvalue weighted by molar-refractivity contribution is 0.445. The van der Waals surface area contributed by atoms with E-state index >= 15 is 0 Å². The Labute approximate surface area is 415 Å². The molecule has 0 bridgehead atoms. The zero-order valence-electron chi connectivity index (χ0n) is 41.4. The van der Waals surface area contributed by atoms with Crippen molar-refractivity contribution < 1.29 is 0 Å². The van der Waals surface area contributed by atoms with Crippen molar-refractivity contribution in [3.8, 4) is 22.3 Å². The van der Waals surface area contributed by atoms with Crippen LogP contribution in [-0.2, 0) is 0 Å². The molecule has 2 saturated carbocycles. The number of benzene rings is 10. The van der Waals surface area contributed by atoms with E-state index in [0.717, 1.165) is 0 Å². The van der Waals surface area contributed by atoms with Gasteiger partial charge in [-0.2, -0.15) is 0 Å². The maximum absolute atomic E-state index is 2.61. The summed E-state index contributed by atoms with van der Waals surface area (Å²) in [5, 5.41) is 8.56. The van der Waals surface area contributed by atoms with Gasteiger partial charge in [0.1, 0.15) is 0 Å². The highest BCUT2D eigenvalue weighted by atomic mass is 15.1. The third-order valence-electron chi connectivity index (χ3n) is 16.0. The van der Waals surface area contributed by atoms with E-state index in [1.807, 2.05) is 0 Å². The Bertz CT molecular complexity index is 3170. The second kappa shape index (κ2) is 18.6. The van der Waals surface area contributed by atoms with Gasteiger partial charge in [0.15, 0.2) is 0 Å². The van der Waals surface area contributed by atoms with Crippen LogP contribution in [0.5, 0.6) is 0 Å². The van der Waals surface area contributed by atoms with Crippen LogP contribution in [0.3, 0.4) is 0 Å². The number of aryl methyl sites for hydroxylation is 4. The topological polar surface area (TPSA) is 6.48 Å². The average molecular weight is 909 g/mol. The minimum Gasteiger partial charge on any atom is -0.310 e. The lowest BCUT2D eigenvalue weighted by Gasteiger charge is -2.29. The predicted octanol–water partition coefficient (Wildman–Crippen LogP) is 20.2. The molecule has 2 aliphatic rings. The maximum atomic E-state index is 2.61. The van der Waals surface area contributed by atoms with Gasteiger partial charge in [0, 0.05) is 34.1 Å². The molecule has 0 unspecified atom stereocenters. The first-order chi connectivity index (χ1) is 34.3. The van der Waals surface area contributed by atoms with Gasteiger partial charge in [0.25, 0.3) is 0 Å². The molecular formula is C68H64N2. The molecule has 10 aromatic carbocycles. The van der Waals surface area contributed by atoms with Crippen LogP contribution in [0.25, 0.3) is 54.6 Å². The summed E-state index contributed by atoms with van der Waals surface area (Å²) in [6.45, 7) is 8.74. The molecule has 0 radical (unpaired) electrons. The molecule has 10 aromatic rings. The van der Waals surface area contributed by atoms with Crippen LogP contribution in [0.2, 0.25) is 0 Å². The molecule has 2 heteroatoms. The van der Waals surface area contributed by atoms with Crippen molar-refractivity contribution in [1.29, 1.82) is 0 Å². The largest absolute Gasteiger partial charge is 0.310 e. The third kappa shape index (κ3) is 8.22. The molecule has 2 nitrogen and oxygen atoms in total. The van der Waals surface area contributed by atoms with E-state index in [4.69, 9.17) is 0 Å². The van der Waals surface area contributed by atoms with Gasteiger partial charge in [0.05, 0.1) is 0 Å². The van der Waals surface area contributed by atoms with Crippen molar-refractivity contribution in [3.05, 3.63) is 215 Å². The fourth-order valence-corrected chi connectivity index (χ4v) is 12.6. The smallest absolute Gasteiger partial charge is 0.0464 e. The first kappa shape index (κ1) is 44.1. The van der Waals surface area contributed by atoms with Gasteiger partial charge in [-0.05, 0) is 238 Å². The van der Waals surface area contributed by atoms with Crippen LogP contribution in [0.1, 0.15) is 109 Å². The zero-order chi connectivity index (χ0) is 47.3. The summed E-state index contributed by atoms with van der Waals surface area (Å²) in [6, 6.07) is 69.7. The van der Waals surface area contributed by atoms with Gasteiger partial charge < -0.3 is 9.80 Å². The first-order valence-corrected chi connectivity index (χ1v) is 26.2. The SMILES string of the molecule is Cc1cccc(N(c2ccc(-c3cc(C4CCCCC4)c4ccc5c(-c6ccc(N(c7cccc(C)c7)c7cccc(C)c7)cc6)cc(C6CCCCC6)c6ccc3c4c56)cc2)c2cccc(C)c2)c1. The standard InChI is InChI=1S/C68H64N2/c1-45-15-11-23-55(39-45)69(56-24-12-16-46(2)40-56)53-31-27-51(28-32-53)65-43-63(49-19-7-5-8-20-49)59-36-38-62-66(44-64(50-21-9-6-10-22-50)60-35-37-61(65)67(59)68(60)62)52-29-33-54(34-30-52)70(57-25-13-17-47(3)41-57)58-26-14-18-48(4)42-58/h11-18,23-44,49-50H,5-10,19-22H2,1-4H3. The molecule has 346 valence electrons. The maximum Gasteiger partial charge on any atom is 0.0464 e. The fraction of sp³-hybridized carbons (Fsp3) is 0.235. The summed E-state index contributed by atoms with van der Waals surface area (Å²) in [7, 11) is 0. The zero-order valence-corrected chi connectivity index (χ0v) is 41.4. The number of anilines is 6. The molecule has 0 heterocycles. The second-order valence-electron chi connectivity index (χ2n) is 20.9. The van der Waals surface area contributed by atoms with Crippen LogP contribution < -0.4 is 9.80 Å². The van der Waals surface area contributed by atoms with Crippen molar-refractivity contribution >= 4 is 66.4 Å². The van der Waals surface area contributed by atoms with Crippen molar-refractivity contribution in [1.82, 2.24) is 0 Å². The normalized spacial score (nSPS) is 14.7. The van der Waals surface area contributed by atoms with Crippen molar-refractivity contribution in [3.63, 3.8) is 0 Å². The Kier molecular flexibility index (Phi) is 11.7. The second-order valence-corrected chi connectivity index (χ2v) is 20.9. The molecule has 0 atom stereocenters. The van der Waals surface area contributed by atoms with Crippen LogP contribution in [0.15, 0.2) is 182 Å². The van der Waals surface area contributed by atoms with Gasteiger partial charge in [-0.3, -0.25) is 0 Å². The Balaban J connectivity index is 1.04. The molecular weight excluding hydrogens is 845 g/mol. The number of hydrogen-bond acceptors (Lipinski definition) is 2. The summed E-state index contributed by atoms with van der Waals surface area (Å²) >= 11 is 0. The highest BCUT2D eigenvalue weighted by molar-refractivity contribution is 6.29. The van der Waals surface area contributed by atoms with E-state index in [1.54, 1.807) is 11.1 Å². The summed E-state index contributed by atoms with van der Waals surface area (Å²) in [6.07, 6.45) is 13.0. The van der Waals surface area contributed by atoms with E-state index < -0.39 is 0 Å². The van der Waals surface area contributed by atoms with Crippen LogP contribution in [0, 0.1) is 27.7 Å². The Hall–Kier alpha value is -7.16. The lowest BCUT2D eigenvalue weighted by atomic mass is 9.76. The highest BCUT2D eigenvalue weighted by Crippen LogP contribution is 2.51. The Morgan fingerprint density at radius 3 is 0.929 bits per heavy atom. The molecule has 0 aromatic heterocycles. The lowest BCUT2D eigenvalue weighted by Crippen LogP contribution is -2.10. The highest BCUT2D eigenvalue weighted by Gasteiger charge is 2.27. The van der Waals surface area contributed by atoms with E-state index in [2.05, 4.69) is 219 Å². The molecule has 70 heavy (non-hydrogen) atoms. The summed E-state index contributed by atoms with van der Waals surface area (Å²) in [5.74, 6) is 1.12. The number of rotatable bonds is 10. The monoisotopic (exact) mass is 909 g/mol. The van der Waals surface area contributed by atoms with Gasteiger partial charge in [-0.15, -0.1) is 0 Å². The molecule has 0 N–H and O–H groups in total. The van der Waals surface area contributed by atoms with Gasteiger partial charge in [-0.1, -0.05) is 136 Å². The summed E-state index contributed by atoms with van der Waals surface area (Å²) in [4.78, 5) is 4.82. The molecule has 0 saturated heterocycles. The van der Waals surface area contributed by atoms with Crippen LogP contribution in [-0.4, -0.2) is 0 Å².